The molecule has 1 heterocycles. The Kier molecular flexibility index (Phi) is 4.93. The van der Waals surface area contributed by atoms with E-state index in [4.69, 9.17) is 5.26 Å². The van der Waals surface area contributed by atoms with Gasteiger partial charge >= 0.3 is 0 Å². The van der Waals surface area contributed by atoms with Gasteiger partial charge in [0.2, 0.25) is 0 Å². The van der Waals surface area contributed by atoms with Crippen LogP contribution in [0.4, 0.5) is 4.39 Å². The highest BCUT2D eigenvalue weighted by molar-refractivity contribution is 5.34. The van der Waals surface area contributed by atoms with E-state index >= 15 is 0 Å². The van der Waals surface area contributed by atoms with Crippen molar-refractivity contribution in [2.24, 2.45) is 0 Å². The van der Waals surface area contributed by atoms with Gasteiger partial charge in [0, 0.05) is 12.6 Å². The van der Waals surface area contributed by atoms with Crippen LogP contribution < -0.4 is 0 Å². The summed E-state index contributed by atoms with van der Waals surface area (Å²) in [5.74, 6) is -0.422. The van der Waals surface area contributed by atoms with Crippen LogP contribution >= 0.6 is 0 Å². The Bertz CT molecular complexity index is 464. The fourth-order valence-electron chi connectivity index (χ4n) is 2.90. The normalized spacial score (nSPS) is 20.8. The van der Waals surface area contributed by atoms with Crippen LogP contribution in [0.3, 0.4) is 0 Å². The lowest BCUT2D eigenvalue weighted by atomic mass is 10.1. The number of benzene rings is 1. The molecule has 1 unspecified atom stereocenters. The minimum Gasteiger partial charge on any atom is -0.296 e. The van der Waals surface area contributed by atoms with Crippen molar-refractivity contribution in [1.29, 1.82) is 5.26 Å². The van der Waals surface area contributed by atoms with Gasteiger partial charge in [-0.15, -0.1) is 0 Å². The summed E-state index contributed by atoms with van der Waals surface area (Å²) < 4.78 is 13.3. The third-order valence-corrected chi connectivity index (χ3v) is 4.01. The average molecular weight is 260 g/mol. The molecule has 1 aliphatic rings. The first-order chi connectivity index (χ1) is 9.24. The van der Waals surface area contributed by atoms with Crippen LogP contribution in [0, 0.1) is 17.1 Å². The molecule has 1 aromatic rings. The zero-order valence-electron chi connectivity index (χ0n) is 11.5. The second kappa shape index (κ2) is 6.68. The van der Waals surface area contributed by atoms with E-state index in [0.29, 0.717) is 6.04 Å². The highest BCUT2D eigenvalue weighted by atomic mass is 19.1. The van der Waals surface area contributed by atoms with E-state index < -0.39 is 5.82 Å². The zero-order valence-corrected chi connectivity index (χ0v) is 11.5. The quantitative estimate of drug-likeness (QED) is 0.825. The Morgan fingerprint density at radius 2 is 2.21 bits per heavy atom. The molecule has 3 heteroatoms. The van der Waals surface area contributed by atoms with Crippen LogP contribution in [0.1, 0.15) is 50.2 Å². The predicted molar refractivity (Wildman–Crippen MR) is 74.1 cm³/mol. The summed E-state index contributed by atoms with van der Waals surface area (Å²) in [5.41, 5.74) is 1.19. The van der Waals surface area contributed by atoms with Gasteiger partial charge in [0.1, 0.15) is 11.9 Å². The molecule has 0 saturated carbocycles. The monoisotopic (exact) mass is 260 g/mol. The molecule has 1 saturated heterocycles. The van der Waals surface area contributed by atoms with Gasteiger partial charge in [-0.3, -0.25) is 4.90 Å². The Labute approximate surface area is 114 Å². The Morgan fingerprint density at radius 1 is 1.37 bits per heavy atom. The minimum absolute atomic E-state index is 0.153. The third-order valence-electron chi connectivity index (χ3n) is 4.01. The van der Waals surface area contributed by atoms with Crippen molar-refractivity contribution in [2.75, 3.05) is 6.54 Å². The molecule has 1 atom stereocenters. The summed E-state index contributed by atoms with van der Waals surface area (Å²) in [6.45, 7) is 4.17. The van der Waals surface area contributed by atoms with Crippen LogP contribution in [-0.2, 0) is 6.54 Å². The van der Waals surface area contributed by atoms with Gasteiger partial charge in [0.15, 0.2) is 0 Å². The molecule has 0 amide bonds. The first-order valence-electron chi connectivity index (χ1n) is 7.17. The molecule has 0 aromatic heterocycles. The molecule has 1 fully saturated rings. The summed E-state index contributed by atoms with van der Waals surface area (Å²) in [6, 6.07) is 7.44. The molecule has 0 N–H and O–H groups in total. The molecule has 1 aromatic carbocycles. The van der Waals surface area contributed by atoms with Gasteiger partial charge in [-0.05, 0) is 43.5 Å². The number of rotatable bonds is 3. The molecule has 0 bridgehead atoms. The molecule has 102 valence electrons. The number of nitrogens with zero attached hydrogens (tertiary/aromatic N) is 2. The van der Waals surface area contributed by atoms with E-state index in [2.05, 4.69) is 11.8 Å². The summed E-state index contributed by atoms with van der Waals surface area (Å²) in [6.07, 6.45) is 6.26. The maximum absolute atomic E-state index is 13.3. The van der Waals surface area contributed by atoms with Gasteiger partial charge < -0.3 is 0 Å². The number of halogens is 1. The van der Waals surface area contributed by atoms with Gasteiger partial charge in [-0.1, -0.05) is 25.8 Å². The fourth-order valence-corrected chi connectivity index (χ4v) is 2.90. The van der Waals surface area contributed by atoms with E-state index in [1.54, 1.807) is 12.1 Å². The topological polar surface area (TPSA) is 27.0 Å². The molecule has 0 spiro atoms. The summed E-state index contributed by atoms with van der Waals surface area (Å²) in [4.78, 5) is 2.49. The largest absolute Gasteiger partial charge is 0.296 e. The predicted octanol–water partition coefficient (Wildman–Crippen LogP) is 3.85. The second-order valence-corrected chi connectivity index (χ2v) is 5.31. The first-order valence-corrected chi connectivity index (χ1v) is 7.17. The average Bonchev–Trinajstić information content (AvgIpc) is 2.66. The van der Waals surface area contributed by atoms with Crippen molar-refractivity contribution in [2.45, 2.75) is 51.6 Å². The van der Waals surface area contributed by atoms with E-state index in [-0.39, 0.29) is 5.56 Å². The number of likely N-dealkylation sites (tertiary alicyclic amines) is 1. The lowest BCUT2D eigenvalue weighted by Crippen LogP contribution is -2.33. The zero-order chi connectivity index (χ0) is 13.7. The van der Waals surface area contributed by atoms with Crippen LogP contribution in [0.25, 0.3) is 0 Å². The van der Waals surface area contributed by atoms with Gasteiger partial charge in [0.25, 0.3) is 0 Å². The van der Waals surface area contributed by atoms with Crippen molar-refractivity contribution >= 4 is 0 Å². The van der Waals surface area contributed by atoms with Gasteiger partial charge in [-0.2, -0.15) is 5.26 Å². The van der Waals surface area contributed by atoms with Crippen molar-refractivity contribution in [3.63, 3.8) is 0 Å². The molecule has 19 heavy (non-hydrogen) atoms. The lowest BCUT2D eigenvalue weighted by Gasteiger charge is -2.29. The van der Waals surface area contributed by atoms with Gasteiger partial charge in [0.05, 0.1) is 5.56 Å². The van der Waals surface area contributed by atoms with Crippen LogP contribution in [-0.4, -0.2) is 17.5 Å². The van der Waals surface area contributed by atoms with Gasteiger partial charge in [-0.25, -0.2) is 4.39 Å². The molecule has 0 aliphatic carbocycles. The van der Waals surface area contributed by atoms with E-state index in [0.717, 1.165) is 25.1 Å². The SMILES string of the molecule is CCC1CCCCCN1Cc1ccc(F)c(C#N)c1. The highest BCUT2D eigenvalue weighted by Crippen LogP contribution is 2.22. The number of hydrogen-bond donors (Lipinski definition) is 0. The van der Waals surface area contributed by atoms with Crippen molar-refractivity contribution in [1.82, 2.24) is 4.90 Å². The maximum atomic E-state index is 13.3. The van der Waals surface area contributed by atoms with Crippen LogP contribution in [0.5, 0.6) is 0 Å². The van der Waals surface area contributed by atoms with Crippen molar-refractivity contribution in [3.8, 4) is 6.07 Å². The Morgan fingerprint density at radius 3 is 2.95 bits per heavy atom. The Hall–Kier alpha value is -1.40. The third kappa shape index (κ3) is 3.54. The molecule has 2 nitrogen and oxygen atoms in total. The highest BCUT2D eigenvalue weighted by Gasteiger charge is 2.19. The fraction of sp³-hybridized carbons (Fsp3) is 0.562. The molecule has 1 aliphatic heterocycles. The molecular formula is C16H21FN2. The summed E-state index contributed by atoms with van der Waals surface area (Å²) >= 11 is 0. The van der Waals surface area contributed by atoms with E-state index in [1.807, 2.05) is 6.07 Å². The number of hydrogen-bond acceptors (Lipinski definition) is 2. The van der Waals surface area contributed by atoms with Crippen LogP contribution in [0.2, 0.25) is 0 Å². The molecule has 0 radical (unpaired) electrons. The number of nitriles is 1. The van der Waals surface area contributed by atoms with Crippen molar-refractivity contribution < 1.29 is 4.39 Å². The minimum atomic E-state index is -0.422. The maximum Gasteiger partial charge on any atom is 0.140 e. The van der Waals surface area contributed by atoms with E-state index in [9.17, 15) is 4.39 Å². The second-order valence-electron chi connectivity index (χ2n) is 5.31. The van der Waals surface area contributed by atoms with E-state index in [1.165, 1.54) is 31.7 Å². The Balaban J connectivity index is 2.12. The van der Waals surface area contributed by atoms with Crippen molar-refractivity contribution in [3.05, 3.63) is 35.1 Å². The molecular weight excluding hydrogens is 239 g/mol. The standard InChI is InChI=1S/C16H21FN2/c1-2-15-6-4-3-5-9-19(15)12-13-7-8-16(17)14(10-13)11-18/h7-8,10,15H,2-6,9,12H2,1H3. The summed E-state index contributed by atoms with van der Waals surface area (Å²) in [5, 5.41) is 8.89. The smallest absolute Gasteiger partial charge is 0.140 e. The lowest BCUT2D eigenvalue weighted by molar-refractivity contribution is 0.186. The first kappa shape index (κ1) is 14.0. The van der Waals surface area contributed by atoms with Crippen LogP contribution in [0.15, 0.2) is 18.2 Å². The molecule has 2 rings (SSSR count). The summed E-state index contributed by atoms with van der Waals surface area (Å²) in [7, 11) is 0.